The molecule has 0 saturated heterocycles. The van der Waals surface area contributed by atoms with Crippen LogP contribution in [0.3, 0.4) is 0 Å². The maximum atomic E-state index is 12.9. The molecule has 0 bridgehead atoms. The van der Waals surface area contributed by atoms with Crippen molar-refractivity contribution in [2.45, 2.75) is 79.2 Å². The van der Waals surface area contributed by atoms with E-state index in [0.29, 0.717) is 12.8 Å². The van der Waals surface area contributed by atoms with Crippen molar-refractivity contribution in [2.24, 2.45) is 23.7 Å². The van der Waals surface area contributed by atoms with Crippen molar-refractivity contribution in [3.8, 4) is 0 Å². The van der Waals surface area contributed by atoms with Gasteiger partial charge in [-0.05, 0) is 30.6 Å². The van der Waals surface area contributed by atoms with Gasteiger partial charge in [-0.2, -0.15) is 0 Å². The predicted molar refractivity (Wildman–Crippen MR) is 106 cm³/mol. The van der Waals surface area contributed by atoms with Gasteiger partial charge >= 0.3 is 0 Å². The molecule has 0 spiro atoms. The van der Waals surface area contributed by atoms with E-state index in [1.165, 1.54) is 0 Å². The Balaban J connectivity index is 0.00000676. The molecular weight excluding hydrogens is 371 g/mol. The van der Waals surface area contributed by atoms with Crippen LogP contribution in [0, 0.1) is 23.7 Å². The van der Waals surface area contributed by atoms with Crippen molar-refractivity contribution in [1.82, 2.24) is 0 Å². The normalized spacial score (nSPS) is 22.7. The second-order valence-electron chi connectivity index (χ2n) is 8.75. The van der Waals surface area contributed by atoms with Gasteiger partial charge in [-0.25, -0.2) is 0 Å². The van der Waals surface area contributed by atoms with Crippen molar-refractivity contribution in [1.29, 1.82) is 0 Å². The first-order valence-electron chi connectivity index (χ1n) is 9.69. The van der Waals surface area contributed by atoms with E-state index in [2.05, 4.69) is 0 Å². The van der Waals surface area contributed by atoms with Gasteiger partial charge in [-0.1, -0.05) is 48.0 Å². The monoisotopic (exact) mass is 405 g/mol. The van der Waals surface area contributed by atoms with E-state index < -0.39 is 34.6 Å². The second-order valence-corrected chi connectivity index (χ2v) is 8.75. The number of allylic oxidation sites excluding steroid dienone is 1. The summed E-state index contributed by atoms with van der Waals surface area (Å²) in [6.45, 7) is 11.6. The first-order chi connectivity index (χ1) is 11.9. The molecule has 5 nitrogen and oxygen atoms in total. The molecule has 0 amide bonds. The Kier molecular flexibility index (Phi) is 11.4. The number of ketones is 3. The van der Waals surface area contributed by atoms with Crippen molar-refractivity contribution < 1.29 is 24.6 Å². The summed E-state index contributed by atoms with van der Waals surface area (Å²) in [5.41, 5.74) is -2.63. The average molecular weight is 406 g/mol. The van der Waals surface area contributed by atoms with Crippen LogP contribution in [-0.4, -0.2) is 84.5 Å². The van der Waals surface area contributed by atoms with Gasteiger partial charge in [0.1, 0.15) is 11.3 Å². The van der Waals surface area contributed by atoms with Crippen LogP contribution in [0.25, 0.3) is 0 Å². The van der Waals surface area contributed by atoms with Crippen LogP contribution >= 0.6 is 0 Å². The van der Waals surface area contributed by atoms with Crippen LogP contribution in [0.1, 0.15) is 73.6 Å². The van der Waals surface area contributed by atoms with E-state index in [1.807, 2.05) is 41.5 Å². The first kappa shape index (κ1) is 27.1. The summed E-state index contributed by atoms with van der Waals surface area (Å²) in [6, 6.07) is 0. The van der Waals surface area contributed by atoms with Gasteiger partial charge in [0.2, 0.25) is 0 Å². The summed E-state index contributed by atoms with van der Waals surface area (Å²) in [6.07, 6.45) is 1.60. The molecule has 1 radical (unpaired) electrons. The summed E-state index contributed by atoms with van der Waals surface area (Å²) in [7, 11) is 0. The number of hydrogen-bond acceptors (Lipinski definition) is 5. The molecule has 1 aliphatic carbocycles. The molecule has 1 rings (SSSR count). The number of aliphatic hydroxyl groups excluding tert-OH is 1. The smallest absolute Gasteiger partial charge is 0.190 e. The van der Waals surface area contributed by atoms with E-state index in [4.69, 9.17) is 0 Å². The molecule has 0 saturated carbocycles. The summed E-state index contributed by atoms with van der Waals surface area (Å²) >= 11 is 0. The zero-order chi connectivity index (χ0) is 20.2. The van der Waals surface area contributed by atoms with Gasteiger partial charge in [0, 0.05) is 64.2 Å². The molecule has 0 fully saturated rings. The molecule has 0 aromatic rings. The van der Waals surface area contributed by atoms with Crippen LogP contribution in [0.15, 0.2) is 11.3 Å². The molecule has 0 aliphatic heterocycles. The van der Waals surface area contributed by atoms with Crippen molar-refractivity contribution in [2.75, 3.05) is 0 Å². The Hall–Kier alpha value is 0.146. The van der Waals surface area contributed by atoms with E-state index in [1.54, 1.807) is 0 Å². The fourth-order valence-corrected chi connectivity index (χ4v) is 3.36. The van der Waals surface area contributed by atoms with Gasteiger partial charge in [-0.15, -0.1) is 0 Å². The third kappa shape index (κ3) is 6.58. The number of carbonyl (C=O) groups is 3. The molecule has 1 aliphatic rings. The maximum Gasteiger partial charge on any atom is 0.190 e. The quantitative estimate of drug-likeness (QED) is 0.429. The topological polar surface area (TPSA) is 91.7 Å². The summed E-state index contributed by atoms with van der Waals surface area (Å²) in [4.78, 5) is 38.1. The minimum absolute atomic E-state index is 0. The Morgan fingerprint density at radius 1 is 1.00 bits per heavy atom. The average Bonchev–Trinajstić information content (AvgIpc) is 2.69. The van der Waals surface area contributed by atoms with E-state index in [0.717, 1.165) is 0 Å². The molecule has 0 heterocycles. The number of aliphatic hydroxyl groups is 2. The van der Waals surface area contributed by atoms with Crippen LogP contribution < -0.4 is 0 Å². The zero-order valence-corrected chi connectivity index (χ0v) is 21.1. The number of rotatable bonds is 10. The Morgan fingerprint density at radius 2 is 1.52 bits per heavy atom. The largest absolute Gasteiger partial charge is 0.508 e. The predicted octanol–water partition coefficient (Wildman–Crippen LogP) is 3.40. The van der Waals surface area contributed by atoms with Gasteiger partial charge < -0.3 is 10.2 Å². The first-order valence-corrected chi connectivity index (χ1v) is 9.69. The van der Waals surface area contributed by atoms with Crippen molar-refractivity contribution in [3.05, 3.63) is 11.3 Å². The Labute approximate surface area is 205 Å². The fraction of sp³-hybridized carbons (Fsp3) is 0.762. The van der Waals surface area contributed by atoms with Gasteiger partial charge in [0.05, 0.1) is 5.92 Å². The molecule has 0 aromatic heterocycles. The Bertz CT molecular complexity index is 591. The molecule has 6 heteroatoms. The van der Waals surface area contributed by atoms with Crippen LogP contribution in [-0.2, 0) is 14.4 Å². The summed E-state index contributed by atoms with van der Waals surface area (Å²) in [5, 5.41) is 21.7. The summed E-state index contributed by atoms with van der Waals surface area (Å²) in [5.74, 6) is -2.92. The molecule has 0 aromatic carbocycles. The van der Waals surface area contributed by atoms with Gasteiger partial charge in [0.25, 0.3) is 0 Å². The van der Waals surface area contributed by atoms with E-state index in [-0.39, 0.29) is 94.0 Å². The van der Waals surface area contributed by atoms with Crippen LogP contribution in [0.5, 0.6) is 0 Å². The summed E-state index contributed by atoms with van der Waals surface area (Å²) < 4.78 is 0. The molecular formula is C21H34KO5. The number of hydrogen-bond donors (Lipinski definition) is 2. The molecule has 2 N–H and O–H groups in total. The van der Waals surface area contributed by atoms with Crippen molar-refractivity contribution in [3.63, 3.8) is 0 Å². The molecule has 149 valence electrons. The second kappa shape index (κ2) is 11.4. The fourth-order valence-electron chi connectivity index (χ4n) is 3.36. The minimum Gasteiger partial charge on any atom is -0.508 e. The van der Waals surface area contributed by atoms with E-state index in [9.17, 15) is 24.6 Å². The Morgan fingerprint density at radius 3 is 1.96 bits per heavy atom. The molecule has 0 unspecified atom stereocenters. The van der Waals surface area contributed by atoms with Crippen LogP contribution in [0.4, 0.5) is 0 Å². The van der Waals surface area contributed by atoms with Crippen LogP contribution in [0.2, 0.25) is 0 Å². The molecule has 2 atom stereocenters. The van der Waals surface area contributed by atoms with Gasteiger partial charge in [0.15, 0.2) is 23.0 Å². The SMILES string of the molecule is CC(C)CCC(=O)[C@]1(O)C(O)=C(C(=O)CC(C)C)C(=O)[C@H]1CCC(C)C.[K]. The number of carbonyl (C=O) groups excluding carboxylic acids is 3. The van der Waals surface area contributed by atoms with E-state index >= 15 is 0 Å². The number of Topliss-reactive ketones (excluding diaryl/α,β-unsaturated/α-hetero) is 3. The molecule has 27 heavy (non-hydrogen) atoms. The van der Waals surface area contributed by atoms with Gasteiger partial charge in [-0.3, -0.25) is 14.4 Å². The van der Waals surface area contributed by atoms with Crippen molar-refractivity contribution >= 4 is 68.7 Å². The standard InChI is InChI=1S/C21H34O5.K/c1-12(2)7-9-15-19(24)18(16(22)11-14(5)6)20(25)21(15,26)17(23)10-8-13(3)4;/h12-15,25-26H,7-11H2,1-6H3;/t15-,21+;/m1./s1. The minimum atomic E-state index is -2.26. The third-order valence-corrected chi connectivity index (χ3v) is 4.94. The zero-order valence-electron chi connectivity index (χ0n) is 18.0. The third-order valence-electron chi connectivity index (χ3n) is 4.94. The maximum absolute atomic E-state index is 12.9.